The average molecular weight is 1080 g/mol. The van der Waals surface area contributed by atoms with E-state index in [0.29, 0.717) is 15.2 Å². The molecule has 6 rings (SSSR count). The highest BCUT2D eigenvalue weighted by atomic mass is 35.5. The fourth-order valence-electron chi connectivity index (χ4n) is 4.74. The molecular weight excluding hydrogens is 1040 g/mol. The number of nitrogens with zero attached hydrogens (tertiary/aromatic N) is 6. The molecular formula is C37H40Cl2N8O18S4. The number of methoxy groups -OCH3 is 3. The van der Waals surface area contributed by atoms with E-state index in [1.165, 1.54) is 31.9 Å². The number of benzene rings is 2. The zero-order valence-electron chi connectivity index (χ0n) is 36.8. The lowest BCUT2D eigenvalue weighted by Crippen LogP contribution is -2.41. The maximum Gasteiger partial charge on any atom is 0.445 e. The van der Waals surface area contributed by atoms with Crippen molar-refractivity contribution >= 4 is 90.0 Å². The van der Waals surface area contributed by atoms with E-state index in [4.69, 9.17) is 56.9 Å². The summed E-state index contributed by atoms with van der Waals surface area (Å²) in [5.41, 5.74) is -2.40. The number of sulfonamides is 2. The quantitative estimate of drug-likeness (QED) is 0.157. The predicted molar refractivity (Wildman–Crippen MR) is 245 cm³/mol. The van der Waals surface area contributed by atoms with E-state index in [9.17, 15) is 45.6 Å². The number of hydrogen-bond acceptors (Lipinski definition) is 22. The summed E-state index contributed by atoms with van der Waals surface area (Å²) in [6, 6.07) is 16.0. The second-order valence-electron chi connectivity index (χ2n) is 11.9. The average Bonchev–Trinajstić information content (AvgIpc) is 4.09. The van der Waals surface area contributed by atoms with Gasteiger partial charge in [-0.05, 0) is 38.1 Å². The minimum atomic E-state index is -4.64. The van der Waals surface area contributed by atoms with Crippen LogP contribution in [0.5, 0.6) is 23.5 Å². The Morgan fingerprint density at radius 1 is 0.652 bits per heavy atom. The maximum absolute atomic E-state index is 12.5. The third kappa shape index (κ3) is 14.8. The summed E-state index contributed by atoms with van der Waals surface area (Å²) in [4.78, 5) is 79.4. The fourth-order valence-corrected chi connectivity index (χ4v) is 10.00. The molecule has 0 aliphatic heterocycles. The first-order chi connectivity index (χ1) is 32.6. The number of ether oxygens (including phenoxy) is 6. The number of primary sulfonamides is 1. The van der Waals surface area contributed by atoms with Crippen molar-refractivity contribution in [2.75, 3.05) is 48.8 Å². The van der Waals surface area contributed by atoms with E-state index in [-0.39, 0.29) is 48.6 Å². The Morgan fingerprint density at radius 3 is 1.46 bits per heavy atom. The van der Waals surface area contributed by atoms with Gasteiger partial charge < -0.3 is 38.1 Å². The van der Waals surface area contributed by atoms with Crippen LogP contribution in [0.1, 0.15) is 34.6 Å². The smallest absolute Gasteiger partial charge is 0.445 e. The van der Waals surface area contributed by atoms with Gasteiger partial charge in [-0.15, -0.1) is 37.1 Å². The molecule has 0 aliphatic carbocycles. The van der Waals surface area contributed by atoms with Crippen LogP contribution in [0.2, 0.25) is 8.67 Å². The first-order valence-corrected chi connectivity index (χ1v) is 24.2. The maximum atomic E-state index is 12.5. The minimum absolute atomic E-state index is 0.00177. The van der Waals surface area contributed by atoms with E-state index in [1.807, 2.05) is 30.3 Å². The van der Waals surface area contributed by atoms with Crippen molar-refractivity contribution in [2.45, 2.75) is 23.6 Å². The lowest BCUT2D eigenvalue weighted by Gasteiger charge is -2.07. The number of carbonyl (C=O) groups excluding carboxylic acids is 4. The second-order valence-corrected chi connectivity index (χ2v) is 18.0. The Bertz CT molecular complexity index is 3060. The van der Waals surface area contributed by atoms with Crippen molar-refractivity contribution in [1.29, 1.82) is 0 Å². The van der Waals surface area contributed by atoms with E-state index >= 15 is 0 Å². The number of hydrogen-bond donors (Lipinski definition) is 2. The number of rotatable bonds is 13. The number of halogens is 2. The third-order valence-corrected chi connectivity index (χ3v) is 12.9. The van der Waals surface area contributed by atoms with Gasteiger partial charge in [-0.3, -0.25) is 0 Å². The molecule has 0 aliphatic rings. The first kappa shape index (κ1) is 56.4. The molecule has 2 aromatic carbocycles. The van der Waals surface area contributed by atoms with E-state index in [0.717, 1.165) is 47.4 Å². The van der Waals surface area contributed by atoms with Crippen molar-refractivity contribution in [3.8, 4) is 23.5 Å². The van der Waals surface area contributed by atoms with E-state index in [2.05, 4.69) is 19.8 Å². The number of nitrogens with one attached hydrogen (secondary N) is 1. The van der Waals surface area contributed by atoms with Gasteiger partial charge in [-0.25, -0.2) is 55.5 Å². The lowest BCUT2D eigenvalue weighted by molar-refractivity contribution is 0.0513. The third-order valence-electron chi connectivity index (χ3n) is 7.62. The van der Waals surface area contributed by atoms with Crippen molar-refractivity contribution in [3.63, 3.8) is 0 Å². The number of nitrogens with two attached hydrogens (primary N) is 1. The van der Waals surface area contributed by atoms with Gasteiger partial charge in [0.25, 0.3) is 10.0 Å². The molecule has 0 spiro atoms. The number of aromatic nitrogens is 6. The minimum Gasteiger partial charge on any atom is -0.497 e. The predicted octanol–water partition coefficient (Wildman–Crippen LogP) is 3.03. The van der Waals surface area contributed by atoms with Gasteiger partial charge >= 0.3 is 47.5 Å². The Labute approximate surface area is 409 Å². The zero-order chi connectivity index (χ0) is 51.6. The largest absolute Gasteiger partial charge is 0.497 e. The summed E-state index contributed by atoms with van der Waals surface area (Å²) in [5.74, 6) is -0.474. The Morgan fingerprint density at radius 2 is 1.07 bits per heavy atom. The van der Waals surface area contributed by atoms with Gasteiger partial charge in [0.15, 0.2) is 0 Å². The Balaban J connectivity index is 0.000000262. The zero-order valence-corrected chi connectivity index (χ0v) is 41.6. The summed E-state index contributed by atoms with van der Waals surface area (Å²) in [5, 5.41) is 14.5. The monoisotopic (exact) mass is 1080 g/mol. The van der Waals surface area contributed by atoms with Crippen LogP contribution in [-0.2, 0) is 29.5 Å². The molecule has 3 N–H and O–H groups in total. The van der Waals surface area contributed by atoms with Gasteiger partial charge in [-0.2, -0.15) is 0 Å². The summed E-state index contributed by atoms with van der Waals surface area (Å²) >= 11 is 13.2. The summed E-state index contributed by atoms with van der Waals surface area (Å²) in [7, 11) is -2.16. The SMILES string of the molecule is CCOC(=O)c1csc(Cl)c1S(=O)(=O)NC(=O)n1nc(OC)n(OC)c1=O.CCOC(=O)c1csc(Cl)c1S(N)(=O)=O.COc1ccccc1.COc1nn(C(=O)Oc2ccccc2)c(=O)n1OC. The second kappa shape index (κ2) is 26.0. The fraction of sp³-hybridized carbons (Fsp3) is 0.243. The molecule has 4 aromatic heterocycles. The highest BCUT2D eigenvalue weighted by Crippen LogP contribution is 2.33. The molecule has 0 unspecified atom stereocenters. The van der Waals surface area contributed by atoms with Crippen LogP contribution in [0.3, 0.4) is 0 Å². The van der Waals surface area contributed by atoms with E-state index in [1.54, 1.807) is 49.1 Å². The van der Waals surface area contributed by atoms with Crippen LogP contribution in [0.25, 0.3) is 0 Å². The highest BCUT2D eigenvalue weighted by molar-refractivity contribution is 7.90. The summed E-state index contributed by atoms with van der Waals surface area (Å²) < 4.78 is 79.4. The standard InChI is InChI=1S/C12H13ClN4O8S2.C11H11N3O5.C7H8ClNO4S2.C7H8O/c1-4-25-9(18)6-5-26-8(13)7(6)27(21,22)15-10(19)16-12(20)17(24-3)11(14-16)23-2;1-17-9-12-13(10(15)14(9)18-2)11(16)19-8-6-4-3-5-7-8;1-2-13-7(10)4-3-14-6(8)5(4)15(9,11)12;1-8-7-5-3-2-4-6-7/h5H,4H2,1-3H3,(H,15,19);3-7H,1-2H3;3H,2H2,1H3,(H2,9,11,12);2-6H,1H3. The van der Waals surface area contributed by atoms with Crippen molar-refractivity contribution in [1.82, 2.24) is 33.7 Å². The highest BCUT2D eigenvalue weighted by Gasteiger charge is 2.32. The van der Waals surface area contributed by atoms with Gasteiger partial charge in [0.2, 0.25) is 10.0 Å². The number of carbonyl (C=O) groups is 4. The number of thiophene rings is 2. The molecule has 0 radical (unpaired) electrons. The molecule has 0 saturated heterocycles. The molecule has 0 bridgehead atoms. The topological polar surface area (TPSA) is 328 Å². The van der Waals surface area contributed by atoms with Crippen LogP contribution >= 0.6 is 45.9 Å². The molecule has 4 heterocycles. The van der Waals surface area contributed by atoms with Gasteiger partial charge in [0, 0.05) is 10.8 Å². The van der Waals surface area contributed by atoms with Crippen LogP contribution in [0.4, 0.5) is 9.59 Å². The Hall–Kier alpha value is -6.96. The number of amides is 1. The van der Waals surface area contributed by atoms with Crippen LogP contribution < -0.4 is 49.9 Å². The van der Waals surface area contributed by atoms with Crippen molar-refractivity contribution in [2.24, 2.45) is 5.14 Å². The number of para-hydroxylation sites is 2. The molecule has 0 saturated carbocycles. The molecule has 69 heavy (non-hydrogen) atoms. The van der Waals surface area contributed by atoms with Crippen LogP contribution in [0, 0.1) is 0 Å². The molecule has 32 heteroatoms. The molecule has 26 nitrogen and oxygen atoms in total. The first-order valence-electron chi connectivity index (χ1n) is 18.6. The summed E-state index contributed by atoms with van der Waals surface area (Å²) in [6.07, 6.45) is -0.953. The van der Waals surface area contributed by atoms with E-state index < -0.39 is 66.4 Å². The van der Waals surface area contributed by atoms with Gasteiger partial charge in [0.05, 0.1) is 45.7 Å². The normalized spacial score (nSPS) is 10.6. The molecule has 0 atom stereocenters. The number of esters is 2. The van der Waals surface area contributed by atoms with Gasteiger partial charge in [0.1, 0.15) is 44.2 Å². The lowest BCUT2D eigenvalue weighted by atomic mass is 10.3. The molecule has 6 aromatic rings. The van der Waals surface area contributed by atoms with Crippen LogP contribution in [-0.4, -0.2) is 119 Å². The van der Waals surface area contributed by atoms with Gasteiger partial charge in [-0.1, -0.05) is 74.2 Å². The Kier molecular flexibility index (Phi) is 21.2. The molecule has 374 valence electrons. The van der Waals surface area contributed by atoms with Crippen molar-refractivity contribution < 1.29 is 74.1 Å². The van der Waals surface area contributed by atoms with Crippen LogP contribution in [0.15, 0.2) is 90.8 Å². The molecule has 0 fully saturated rings. The molecule has 1 amide bonds. The summed E-state index contributed by atoms with van der Waals surface area (Å²) in [6.45, 7) is 3.30. The van der Waals surface area contributed by atoms with Crippen molar-refractivity contribution in [3.05, 3.63) is 112 Å².